The molecule has 1 rings (SSSR count). The van der Waals surface area contributed by atoms with Crippen LogP contribution in [0.25, 0.3) is 0 Å². The van der Waals surface area contributed by atoms with E-state index < -0.39 is 0 Å². The van der Waals surface area contributed by atoms with Gasteiger partial charge in [0.25, 0.3) is 5.91 Å². The first kappa shape index (κ1) is 11.6. The highest BCUT2D eigenvalue weighted by molar-refractivity contribution is 6.34. The molecule has 0 bridgehead atoms. The highest BCUT2D eigenvalue weighted by Gasteiger charge is 2.10. The standard InChI is InChI=1S/C12H12ClNO/c1-3-4-8-14-12(15)10-7-5-6-9(2)11(10)13/h1,5-7H,4,8H2,2H3,(H,14,15). The molecule has 0 aliphatic carbocycles. The first-order chi connectivity index (χ1) is 7.16. The molecule has 0 saturated heterocycles. The normalized spacial score (nSPS) is 9.40. The molecular formula is C12H12ClNO. The maximum absolute atomic E-state index is 11.6. The molecule has 0 saturated carbocycles. The summed E-state index contributed by atoms with van der Waals surface area (Å²) < 4.78 is 0. The Kier molecular flexibility index (Phi) is 4.20. The molecule has 1 N–H and O–H groups in total. The van der Waals surface area contributed by atoms with E-state index in [0.717, 1.165) is 5.56 Å². The summed E-state index contributed by atoms with van der Waals surface area (Å²) in [7, 11) is 0. The first-order valence-corrected chi connectivity index (χ1v) is 5.01. The van der Waals surface area contributed by atoms with Crippen molar-refractivity contribution in [3.05, 3.63) is 34.3 Å². The Morgan fingerprint density at radius 3 is 3.00 bits per heavy atom. The first-order valence-electron chi connectivity index (χ1n) is 4.63. The third-order valence-electron chi connectivity index (χ3n) is 1.99. The summed E-state index contributed by atoms with van der Waals surface area (Å²) in [6, 6.07) is 5.36. The second-order valence-electron chi connectivity index (χ2n) is 3.15. The van der Waals surface area contributed by atoms with E-state index in [1.165, 1.54) is 0 Å². The number of aryl methyl sites for hydroxylation is 1. The summed E-state index contributed by atoms with van der Waals surface area (Å²) >= 11 is 6.00. The number of hydrogen-bond donors (Lipinski definition) is 1. The van der Waals surface area contributed by atoms with Crippen molar-refractivity contribution in [1.82, 2.24) is 5.32 Å². The van der Waals surface area contributed by atoms with Crippen molar-refractivity contribution in [2.24, 2.45) is 0 Å². The topological polar surface area (TPSA) is 29.1 Å². The highest BCUT2D eigenvalue weighted by atomic mass is 35.5. The van der Waals surface area contributed by atoms with Crippen LogP contribution in [0.5, 0.6) is 0 Å². The molecule has 0 spiro atoms. The van der Waals surface area contributed by atoms with E-state index in [1.54, 1.807) is 12.1 Å². The Hall–Kier alpha value is -1.46. The predicted molar refractivity (Wildman–Crippen MR) is 62.0 cm³/mol. The average Bonchev–Trinajstić information content (AvgIpc) is 2.22. The lowest BCUT2D eigenvalue weighted by Gasteiger charge is -2.06. The predicted octanol–water partition coefficient (Wildman–Crippen LogP) is 2.40. The second kappa shape index (κ2) is 5.43. The molecular weight excluding hydrogens is 210 g/mol. The number of amides is 1. The van der Waals surface area contributed by atoms with Crippen molar-refractivity contribution >= 4 is 17.5 Å². The molecule has 3 heteroatoms. The van der Waals surface area contributed by atoms with Gasteiger partial charge < -0.3 is 5.32 Å². The van der Waals surface area contributed by atoms with E-state index in [2.05, 4.69) is 11.2 Å². The zero-order valence-electron chi connectivity index (χ0n) is 8.51. The maximum Gasteiger partial charge on any atom is 0.252 e. The number of hydrogen-bond acceptors (Lipinski definition) is 1. The molecule has 1 amide bonds. The largest absolute Gasteiger partial charge is 0.351 e. The van der Waals surface area contributed by atoms with Crippen LogP contribution in [0.1, 0.15) is 22.3 Å². The number of benzene rings is 1. The van der Waals surface area contributed by atoms with E-state index in [1.807, 2.05) is 13.0 Å². The smallest absolute Gasteiger partial charge is 0.252 e. The lowest BCUT2D eigenvalue weighted by atomic mass is 10.1. The van der Waals surface area contributed by atoms with Crippen molar-refractivity contribution in [2.75, 3.05) is 6.54 Å². The molecule has 0 aromatic heterocycles. The lowest BCUT2D eigenvalue weighted by Crippen LogP contribution is -2.24. The molecule has 15 heavy (non-hydrogen) atoms. The Labute approximate surface area is 94.6 Å². The Morgan fingerprint density at radius 2 is 2.33 bits per heavy atom. The van der Waals surface area contributed by atoms with Crippen LogP contribution >= 0.6 is 11.6 Å². The number of rotatable bonds is 3. The fraction of sp³-hybridized carbons (Fsp3) is 0.250. The summed E-state index contributed by atoms with van der Waals surface area (Å²) in [6.45, 7) is 2.33. The van der Waals surface area contributed by atoms with Gasteiger partial charge in [0.2, 0.25) is 0 Å². The van der Waals surface area contributed by atoms with Gasteiger partial charge in [-0.2, -0.15) is 0 Å². The Balaban J connectivity index is 2.75. The molecule has 1 aromatic carbocycles. The fourth-order valence-corrected chi connectivity index (χ4v) is 1.38. The Bertz CT molecular complexity index is 407. The van der Waals surface area contributed by atoms with Gasteiger partial charge in [-0.1, -0.05) is 23.7 Å². The minimum atomic E-state index is -0.182. The van der Waals surface area contributed by atoms with Crippen molar-refractivity contribution in [2.45, 2.75) is 13.3 Å². The quantitative estimate of drug-likeness (QED) is 0.617. The van der Waals surface area contributed by atoms with Gasteiger partial charge in [0, 0.05) is 13.0 Å². The van der Waals surface area contributed by atoms with Crippen LogP contribution < -0.4 is 5.32 Å². The van der Waals surface area contributed by atoms with Crippen LogP contribution in [0.15, 0.2) is 18.2 Å². The molecule has 0 aliphatic rings. The van der Waals surface area contributed by atoms with E-state index >= 15 is 0 Å². The molecule has 0 atom stereocenters. The van der Waals surface area contributed by atoms with E-state index in [-0.39, 0.29) is 5.91 Å². The summed E-state index contributed by atoms with van der Waals surface area (Å²) in [5.41, 5.74) is 1.38. The van der Waals surface area contributed by atoms with E-state index in [9.17, 15) is 4.79 Å². The van der Waals surface area contributed by atoms with Crippen LogP contribution in [0.4, 0.5) is 0 Å². The van der Waals surface area contributed by atoms with Gasteiger partial charge in [0.05, 0.1) is 10.6 Å². The third-order valence-corrected chi connectivity index (χ3v) is 2.49. The van der Waals surface area contributed by atoms with Crippen LogP contribution in [0.2, 0.25) is 5.02 Å². The van der Waals surface area contributed by atoms with Crippen molar-refractivity contribution in [3.8, 4) is 12.3 Å². The van der Waals surface area contributed by atoms with Gasteiger partial charge in [0.1, 0.15) is 0 Å². The van der Waals surface area contributed by atoms with Crippen LogP contribution in [-0.4, -0.2) is 12.5 Å². The number of nitrogens with one attached hydrogen (secondary N) is 1. The third kappa shape index (κ3) is 3.00. The van der Waals surface area contributed by atoms with Crippen molar-refractivity contribution < 1.29 is 4.79 Å². The van der Waals surface area contributed by atoms with Crippen LogP contribution in [0, 0.1) is 19.3 Å². The minimum absolute atomic E-state index is 0.182. The number of carbonyl (C=O) groups is 1. The minimum Gasteiger partial charge on any atom is -0.351 e. The summed E-state index contributed by atoms with van der Waals surface area (Å²) in [5, 5.41) is 3.20. The SMILES string of the molecule is C#CCCNC(=O)c1cccc(C)c1Cl. The van der Waals surface area contributed by atoms with Gasteiger partial charge >= 0.3 is 0 Å². The Morgan fingerprint density at radius 1 is 1.60 bits per heavy atom. The van der Waals surface area contributed by atoms with Crippen molar-refractivity contribution in [3.63, 3.8) is 0 Å². The zero-order chi connectivity index (χ0) is 11.3. The summed E-state index contributed by atoms with van der Waals surface area (Å²) in [5.74, 6) is 2.27. The molecule has 0 heterocycles. The molecule has 1 aromatic rings. The van der Waals surface area contributed by atoms with E-state index in [4.69, 9.17) is 18.0 Å². The summed E-state index contributed by atoms with van der Waals surface area (Å²) in [6.07, 6.45) is 5.60. The van der Waals surface area contributed by atoms with Crippen LogP contribution in [0.3, 0.4) is 0 Å². The maximum atomic E-state index is 11.6. The van der Waals surface area contributed by atoms with Crippen molar-refractivity contribution in [1.29, 1.82) is 0 Å². The summed E-state index contributed by atoms with van der Waals surface area (Å²) in [4.78, 5) is 11.6. The number of halogens is 1. The van der Waals surface area contributed by atoms with Gasteiger partial charge in [-0.15, -0.1) is 12.3 Å². The number of carbonyl (C=O) groups excluding carboxylic acids is 1. The van der Waals surface area contributed by atoms with Gasteiger partial charge in [-0.05, 0) is 18.6 Å². The molecule has 78 valence electrons. The van der Waals surface area contributed by atoms with Gasteiger partial charge in [-0.3, -0.25) is 4.79 Å². The monoisotopic (exact) mass is 221 g/mol. The average molecular weight is 222 g/mol. The van der Waals surface area contributed by atoms with Gasteiger partial charge in [-0.25, -0.2) is 0 Å². The molecule has 0 radical (unpaired) electrons. The molecule has 2 nitrogen and oxygen atoms in total. The van der Waals surface area contributed by atoms with Gasteiger partial charge in [0.15, 0.2) is 0 Å². The second-order valence-corrected chi connectivity index (χ2v) is 3.52. The lowest BCUT2D eigenvalue weighted by molar-refractivity contribution is 0.0954. The molecule has 0 unspecified atom stereocenters. The zero-order valence-corrected chi connectivity index (χ0v) is 9.27. The fourth-order valence-electron chi connectivity index (χ4n) is 1.17. The highest BCUT2D eigenvalue weighted by Crippen LogP contribution is 2.19. The molecule has 0 aliphatic heterocycles. The molecule has 0 fully saturated rings. The number of terminal acetylenes is 1. The van der Waals surface area contributed by atoms with Crippen LogP contribution in [-0.2, 0) is 0 Å². The van der Waals surface area contributed by atoms with E-state index in [0.29, 0.717) is 23.6 Å².